The number of halogens is 1. The number of likely N-dealkylation sites (tertiary alicyclic amines) is 1. The summed E-state index contributed by atoms with van der Waals surface area (Å²) in [4.78, 5) is 44.4. The maximum absolute atomic E-state index is 13.9. The fourth-order valence-corrected chi connectivity index (χ4v) is 6.85. The van der Waals surface area contributed by atoms with E-state index in [1.807, 2.05) is 47.1 Å². The lowest BCUT2D eigenvalue weighted by Crippen LogP contribution is -2.43. The summed E-state index contributed by atoms with van der Waals surface area (Å²) in [5.74, 6) is -0.473. The standard InChI is InChI=1S/C37H39FN6O4/c1-24-3-12-30(21-31(24)33(39)27-8-10-29(38)11-9-27)44-20-16-37(35(44)46)15-19-42(23-37)22-32(45)43-17-13-26(14-18-43)25-4-6-28(7-5-25)34(40)48-36(47)41-2/h3-13,21,39-40H,14-20,22-23H2,1-2H3,(H,41,47)/t37-/m0/s1. The summed E-state index contributed by atoms with van der Waals surface area (Å²) in [5, 5.41) is 19.0. The lowest BCUT2D eigenvalue weighted by Gasteiger charge is -2.29. The molecule has 3 amide bonds. The van der Waals surface area contributed by atoms with Crippen molar-refractivity contribution < 1.29 is 23.5 Å². The van der Waals surface area contributed by atoms with Crippen molar-refractivity contribution in [2.24, 2.45) is 5.41 Å². The summed E-state index contributed by atoms with van der Waals surface area (Å²) in [6.07, 6.45) is 3.47. The molecule has 0 aliphatic carbocycles. The second-order valence-corrected chi connectivity index (χ2v) is 12.7. The molecule has 3 aliphatic heterocycles. The van der Waals surface area contributed by atoms with E-state index in [2.05, 4.69) is 16.3 Å². The van der Waals surface area contributed by atoms with Gasteiger partial charge in [0.1, 0.15) is 5.82 Å². The van der Waals surface area contributed by atoms with E-state index in [-0.39, 0.29) is 35.8 Å². The van der Waals surface area contributed by atoms with Crippen LogP contribution in [-0.4, -0.2) is 85.6 Å². The lowest BCUT2D eigenvalue weighted by molar-refractivity contribution is -0.132. The molecule has 3 aromatic carbocycles. The monoisotopic (exact) mass is 650 g/mol. The molecule has 3 N–H and O–H groups in total. The minimum absolute atomic E-state index is 0.0438. The Labute approximate surface area is 279 Å². The van der Waals surface area contributed by atoms with E-state index in [4.69, 9.17) is 15.6 Å². The van der Waals surface area contributed by atoms with E-state index in [9.17, 15) is 18.8 Å². The van der Waals surface area contributed by atoms with Crippen LogP contribution < -0.4 is 10.2 Å². The topological polar surface area (TPSA) is 130 Å². The molecule has 3 aromatic rings. The van der Waals surface area contributed by atoms with Crippen LogP contribution in [0.2, 0.25) is 0 Å². The van der Waals surface area contributed by atoms with E-state index in [0.717, 1.165) is 22.4 Å². The number of nitrogens with zero attached hydrogens (tertiary/aromatic N) is 3. The first-order chi connectivity index (χ1) is 23.1. The van der Waals surface area contributed by atoms with Gasteiger partial charge < -0.3 is 19.9 Å². The number of benzene rings is 3. The number of carbonyl (C=O) groups is 3. The third-order valence-electron chi connectivity index (χ3n) is 9.72. The maximum Gasteiger partial charge on any atom is 0.413 e. The first kappa shape index (κ1) is 32.8. The number of nitrogens with one attached hydrogen (secondary N) is 3. The van der Waals surface area contributed by atoms with Gasteiger partial charge in [-0.05, 0) is 98.0 Å². The molecule has 3 heterocycles. The minimum Gasteiger partial charge on any atom is -0.391 e. The van der Waals surface area contributed by atoms with Crippen LogP contribution in [0.25, 0.3) is 5.57 Å². The molecule has 11 heteroatoms. The van der Waals surface area contributed by atoms with E-state index < -0.39 is 11.5 Å². The average molecular weight is 651 g/mol. The Hall–Kier alpha value is -5.16. The second-order valence-electron chi connectivity index (χ2n) is 12.7. The zero-order valence-corrected chi connectivity index (χ0v) is 27.1. The molecule has 2 saturated heterocycles. The van der Waals surface area contributed by atoms with E-state index in [1.165, 1.54) is 19.2 Å². The Balaban J connectivity index is 1.04. The van der Waals surface area contributed by atoms with Crippen LogP contribution in [0.15, 0.2) is 72.8 Å². The maximum atomic E-state index is 13.9. The first-order valence-corrected chi connectivity index (χ1v) is 16.1. The highest BCUT2D eigenvalue weighted by Gasteiger charge is 2.51. The van der Waals surface area contributed by atoms with Crippen LogP contribution >= 0.6 is 0 Å². The molecule has 10 nitrogen and oxygen atoms in total. The number of hydrogen-bond acceptors (Lipinski definition) is 7. The molecule has 48 heavy (non-hydrogen) atoms. The minimum atomic E-state index is -0.691. The summed E-state index contributed by atoms with van der Waals surface area (Å²) in [6, 6.07) is 18.9. The van der Waals surface area contributed by atoms with E-state index in [1.54, 1.807) is 24.3 Å². The van der Waals surface area contributed by atoms with Crippen molar-refractivity contribution in [2.45, 2.75) is 26.2 Å². The number of hydrogen-bond donors (Lipinski definition) is 3. The molecule has 0 saturated carbocycles. The highest BCUT2D eigenvalue weighted by atomic mass is 19.1. The number of anilines is 1. The Morgan fingerprint density at radius 2 is 1.67 bits per heavy atom. The third kappa shape index (κ3) is 6.64. The van der Waals surface area contributed by atoms with Gasteiger partial charge in [-0.2, -0.15) is 0 Å². The van der Waals surface area contributed by atoms with Crippen LogP contribution in [0.4, 0.5) is 14.9 Å². The van der Waals surface area contributed by atoms with Crippen molar-refractivity contribution in [1.29, 1.82) is 10.8 Å². The molecule has 0 unspecified atom stereocenters. The fraction of sp³-hybridized carbons (Fsp3) is 0.324. The molecule has 0 aromatic heterocycles. The summed E-state index contributed by atoms with van der Waals surface area (Å²) >= 11 is 0. The normalized spacial score (nSPS) is 19.4. The molecular formula is C37H39FN6O4. The van der Waals surface area contributed by atoms with Gasteiger partial charge in [-0.1, -0.05) is 24.3 Å². The molecule has 1 atom stereocenters. The zero-order chi connectivity index (χ0) is 34.0. The molecule has 248 valence electrons. The summed E-state index contributed by atoms with van der Waals surface area (Å²) in [6.45, 7) is 5.09. The smallest absolute Gasteiger partial charge is 0.391 e. The number of amides is 3. The predicted molar refractivity (Wildman–Crippen MR) is 182 cm³/mol. The summed E-state index contributed by atoms with van der Waals surface area (Å²) in [7, 11) is 1.44. The van der Waals surface area contributed by atoms with Crippen molar-refractivity contribution in [3.05, 3.63) is 106 Å². The highest BCUT2D eigenvalue weighted by molar-refractivity contribution is 6.12. The molecule has 0 bridgehead atoms. The molecule has 6 rings (SSSR count). The summed E-state index contributed by atoms with van der Waals surface area (Å²) < 4.78 is 18.4. The van der Waals surface area contributed by atoms with Gasteiger partial charge in [0.15, 0.2) is 0 Å². The lowest BCUT2D eigenvalue weighted by atomic mass is 9.85. The van der Waals surface area contributed by atoms with E-state index >= 15 is 0 Å². The van der Waals surface area contributed by atoms with Crippen LogP contribution in [0, 0.1) is 29.0 Å². The quantitative estimate of drug-likeness (QED) is 0.246. The van der Waals surface area contributed by atoms with Crippen molar-refractivity contribution >= 4 is 40.8 Å². The van der Waals surface area contributed by atoms with Gasteiger partial charge in [-0.15, -0.1) is 0 Å². The fourth-order valence-electron chi connectivity index (χ4n) is 6.85. The van der Waals surface area contributed by atoms with Gasteiger partial charge in [0.05, 0.1) is 17.7 Å². The number of ether oxygens (including phenoxy) is 1. The van der Waals surface area contributed by atoms with Gasteiger partial charge in [-0.3, -0.25) is 25.3 Å². The number of alkyl carbamates (subject to hydrolysis) is 1. The molecule has 1 spiro atoms. The van der Waals surface area contributed by atoms with Crippen molar-refractivity contribution in [1.82, 2.24) is 15.1 Å². The molecule has 2 fully saturated rings. The summed E-state index contributed by atoms with van der Waals surface area (Å²) in [5.41, 5.74) is 5.33. The number of carbonyl (C=O) groups excluding carboxylic acids is 3. The third-order valence-corrected chi connectivity index (χ3v) is 9.72. The van der Waals surface area contributed by atoms with Crippen LogP contribution in [0.5, 0.6) is 0 Å². The largest absolute Gasteiger partial charge is 0.413 e. The van der Waals surface area contributed by atoms with E-state index in [0.29, 0.717) is 68.7 Å². The molecular weight excluding hydrogens is 611 g/mol. The van der Waals surface area contributed by atoms with Crippen molar-refractivity contribution in [3.63, 3.8) is 0 Å². The highest BCUT2D eigenvalue weighted by Crippen LogP contribution is 2.42. The average Bonchev–Trinajstić information content (AvgIpc) is 3.66. The second kappa shape index (κ2) is 13.5. The van der Waals surface area contributed by atoms with Gasteiger partial charge in [0.2, 0.25) is 17.7 Å². The Morgan fingerprint density at radius 3 is 2.35 bits per heavy atom. The van der Waals surface area contributed by atoms with Crippen LogP contribution in [0.1, 0.15) is 47.1 Å². The van der Waals surface area contributed by atoms with Crippen LogP contribution in [-0.2, 0) is 14.3 Å². The SMILES string of the molecule is CNC(=O)OC(=N)c1ccc(C2=CCN(C(=O)CN3CC[C@]4(CCN(c5ccc(C)c(C(=N)c6ccc(F)cc6)c5)C4=O)C3)CC2)cc1. The molecule has 0 radical (unpaired) electrons. The Bertz CT molecular complexity index is 1810. The first-order valence-electron chi connectivity index (χ1n) is 16.1. The molecule has 3 aliphatic rings. The van der Waals surface area contributed by atoms with Gasteiger partial charge in [-0.25, -0.2) is 9.18 Å². The van der Waals surface area contributed by atoms with Crippen LogP contribution in [0.3, 0.4) is 0 Å². The van der Waals surface area contributed by atoms with Gasteiger partial charge in [0, 0.05) is 55.6 Å². The van der Waals surface area contributed by atoms with Crippen molar-refractivity contribution in [3.8, 4) is 0 Å². The zero-order valence-electron chi connectivity index (χ0n) is 27.1. The number of rotatable bonds is 7. The van der Waals surface area contributed by atoms with Crippen molar-refractivity contribution in [2.75, 3.05) is 51.2 Å². The number of aryl methyl sites for hydroxylation is 1. The Kier molecular flexibility index (Phi) is 9.23. The van der Waals surface area contributed by atoms with Gasteiger partial charge in [0.25, 0.3) is 0 Å². The Morgan fingerprint density at radius 1 is 0.958 bits per heavy atom. The predicted octanol–water partition coefficient (Wildman–Crippen LogP) is 4.98. The van der Waals surface area contributed by atoms with Gasteiger partial charge >= 0.3 is 6.09 Å².